The third-order valence-corrected chi connectivity index (χ3v) is 5.53. The summed E-state index contributed by atoms with van der Waals surface area (Å²) in [6, 6.07) is 4.32. The molecule has 4 rings (SSSR count). The van der Waals surface area contributed by atoms with Gasteiger partial charge in [0.05, 0.1) is 6.04 Å². The van der Waals surface area contributed by atoms with E-state index in [4.69, 9.17) is 0 Å². The quantitative estimate of drug-likeness (QED) is 0.886. The molecular weight excluding hydrogens is 352 g/mol. The smallest absolute Gasteiger partial charge is 0.274 e. The SMILES string of the molecule is Cl.Cn1nccc1C1CCN(C(=O)c2ccn(C3CCCNC3)n2)CC1. The predicted molar refractivity (Wildman–Crippen MR) is 102 cm³/mol. The highest BCUT2D eigenvalue weighted by Crippen LogP contribution is 2.28. The van der Waals surface area contributed by atoms with Crippen molar-refractivity contribution >= 4 is 18.3 Å². The summed E-state index contributed by atoms with van der Waals surface area (Å²) in [5, 5.41) is 12.2. The lowest BCUT2D eigenvalue weighted by molar-refractivity contribution is 0.0704. The molecule has 0 bridgehead atoms. The Bertz CT molecular complexity index is 728. The highest BCUT2D eigenvalue weighted by molar-refractivity contribution is 5.92. The van der Waals surface area contributed by atoms with Gasteiger partial charge in [0.1, 0.15) is 5.69 Å². The van der Waals surface area contributed by atoms with Gasteiger partial charge in [-0.2, -0.15) is 10.2 Å². The van der Waals surface area contributed by atoms with Crippen LogP contribution in [0.3, 0.4) is 0 Å². The number of likely N-dealkylation sites (tertiary alicyclic amines) is 1. The van der Waals surface area contributed by atoms with Crippen LogP contribution in [0.1, 0.15) is 53.8 Å². The van der Waals surface area contributed by atoms with E-state index in [1.165, 1.54) is 5.69 Å². The number of aryl methyl sites for hydroxylation is 1. The minimum absolute atomic E-state index is 0. The van der Waals surface area contributed by atoms with Crippen LogP contribution in [-0.2, 0) is 7.05 Å². The maximum atomic E-state index is 12.8. The Labute approximate surface area is 160 Å². The van der Waals surface area contributed by atoms with E-state index in [2.05, 4.69) is 21.6 Å². The zero-order valence-electron chi connectivity index (χ0n) is 15.2. The zero-order chi connectivity index (χ0) is 17.2. The average molecular weight is 379 g/mol. The fourth-order valence-electron chi connectivity index (χ4n) is 4.04. The molecule has 1 amide bonds. The Morgan fingerprint density at radius 2 is 2.04 bits per heavy atom. The number of aromatic nitrogens is 4. The first-order valence-corrected chi connectivity index (χ1v) is 9.25. The fourth-order valence-corrected chi connectivity index (χ4v) is 4.04. The maximum absolute atomic E-state index is 12.8. The molecule has 2 aromatic rings. The lowest BCUT2D eigenvalue weighted by Crippen LogP contribution is -2.38. The molecule has 1 atom stereocenters. The lowest BCUT2D eigenvalue weighted by Gasteiger charge is -2.31. The van der Waals surface area contributed by atoms with Crippen molar-refractivity contribution in [3.05, 3.63) is 35.9 Å². The number of piperidine rings is 2. The summed E-state index contributed by atoms with van der Waals surface area (Å²) in [6.45, 7) is 3.58. The molecule has 0 aliphatic carbocycles. The molecule has 2 aliphatic rings. The number of hydrogen-bond acceptors (Lipinski definition) is 4. The van der Waals surface area contributed by atoms with E-state index in [0.717, 1.165) is 51.9 Å². The summed E-state index contributed by atoms with van der Waals surface area (Å²) in [7, 11) is 1.99. The minimum atomic E-state index is 0. The molecule has 0 radical (unpaired) electrons. The van der Waals surface area contributed by atoms with Crippen molar-refractivity contribution in [1.29, 1.82) is 0 Å². The molecule has 4 heterocycles. The topological polar surface area (TPSA) is 68.0 Å². The van der Waals surface area contributed by atoms with Gasteiger partial charge in [-0.15, -0.1) is 12.4 Å². The summed E-state index contributed by atoms with van der Waals surface area (Å²) >= 11 is 0. The Morgan fingerprint density at radius 1 is 1.23 bits per heavy atom. The van der Waals surface area contributed by atoms with Crippen LogP contribution < -0.4 is 5.32 Å². The van der Waals surface area contributed by atoms with Gasteiger partial charge in [-0.25, -0.2) is 0 Å². The van der Waals surface area contributed by atoms with Gasteiger partial charge in [0, 0.05) is 50.7 Å². The van der Waals surface area contributed by atoms with Gasteiger partial charge in [-0.1, -0.05) is 0 Å². The van der Waals surface area contributed by atoms with Gasteiger partial charge < -0.3 is 10.2 Å². The van der Waals surface area contributed by atoms with E-state index in [1.807, 2.05) is 39.8 Å². The summed E-state index contributed by atoms with van der Waals surface area (Å²) in [6.07, 6.45) is 8.05. The van der Waals surface area contributed by atoms with E-state index in [-0.39, 0.29) is 18.3 Å². The largest absolute Gasteiger partial charge is 0.337 e. The van der Waals surface area contributed by atoms with Crippen molar-refractivity contribution in [2.24, 2.45) is 7.05 Å². The van der Waals surface area contributed by atoms with E-state index < -0.39 is 0 Å². The molecule has 7 nitrogen and oxygen atoms in total. The zero-order valence-corrected chi connectivity index (χ0v) is 16.0. The molecule has 0 saturated carbocycles. The molecule has 2 fully saturated rings. The van der Waals surface area contributed by atoms with Crippen LogP contribution >= 0.6 is 12.4 Å². The number of hydrogen-bond donors (Lipinski definition) is 1. The molecule has 142 valence electrons. The number of carbonyl (C=O) groups is 1. The molecule has 2 saturated heterocycles. The second-order valence-electron chi connectivity index (χ2n) is 7.13. The summed E-state index contributed by atoms with van der Waals surface area (Å²) in [5.41, 5.74) is 1.84. The van der Waals surface area contributed by atoms with Crippen LogP contribution in [0.2, 0.25) is 0 Å². The molecular formula is C18H27ClN6O. The van der Waals surface area contributed by atoms with Crippen molar-refractivity contribution in [3.63, 3.8) is 0 Å². The van der Waals surface area contributed by atoms with E-state index in [9.17, 15) is 4.79 Å². The Kier molecular flexibility index (Phi) is 5.98. The molecule has 1 N–H and O–H groups in total. The summed E-state index contributed by atoms with van der Waals surface area (Å²) in [4.78, 5) is 14.7. The van der Waals surface area contributed by atoms with E-state index in [1.54, 1.807) is 0 Å². The van der Waals surface area contributed by atoms with Gasteiger partial charge in [0.25, 0.3) is 5.91 Å². The van der Waals surface area contributed by atoms with Crippen molar-refractivity contribution in [1.82, 2.24) is 29.8 Å². The lowest BCUT2D eigenvalue weighted by atomic mass is 9.93. The van der Waals surface area contributed by atoms with Gasteiger partial charge in [0.2, 0.25) is 0 Å². The normalized spacial score (nSPS) is 21.4. The van der Waals surface area contributed by atoms with Gasteiger partial charge >= 0.3 is 0 Å². The fraction of sp³-hybridized carbons (Fsp3) is 0.611. The first kappa shape index (κ1) is 18.9. The highest BCUT2D eigenvalue weighted by Gasteiger charge is 2.27. The van der Waals surface area contributed by atoms with Crippen LogP contribution in [0.25, 0.3) is 0 Å². The van der Waals surface area contributed by atoms with Crippen molar-refractivity contribution < 1.29 is 4.79 Å². The molecule has 0 aromatic carbocycles. The Hall–Kier alpha value is -1.86. The standard InChI is InChI=1S/C18H26N6O.ClH/c1-22-17(4-9-20-22)14-5-10-23(11-6-14)18(25)16-7-12-24(21-16)15-3-2-8-19-13-15;/h4,7,9,12,14-15,19H,2-3,5-6,8,10-11,13H2,1H3;1H. The number of nitrogens with one attached hydrogen (secondary N) is 1. The van der Waals surface area contributed by atoms with Crippen LogP contribution in [0.15, 0.2) is 24.5 Å². The third-order valence-electron chi connectivity index (χ3n) is 5.53. The number of carbonyl (C=O) groups excluding carboxylic acids is 1. The first-order chi connectivity index (χ1) is 12.2. The molecule has 1 unspecified atom stereocenters. The van der Waals surface area contributed by atoms with E-state index in [0.29, 0.717) is 17.7 Å². The highest BCUT2D eigenvalue weighted by atomic mass is 35.5. The maximum Gasteiger partial charge on any atom is 0.274 e. The predicted octanol–water partition coefficient (Wildman–Crippen LogP) is 1.98. The second kappa shape index (κ2) is 8.22. The molecule has 2 aliphatic heterocycles. The van der Waals surface area contributed by atoms with Gasteiger partial charge in [-0.05, 0) is 44.4 Å². The van der Waals surface area contributed by atoms with Crippen molar-refractivity contribution in [3.8, 4) is 0 Å². The molecule has 2 aromatic heterocycles. The number of amides is 1. The van der Waals surface area contributed by atoms with Crippen LogP contribution in [-0.4, -0.2) is 56.5 Å². The van der Waals surface area contributed by atoms with Gasteiger partial charge in [0.15, 0.2) is 0 Å². The molecule has 0 spiro atoms. The third kappa shape index (κ3) is 3.78. The summed E-state index contributed by atoms with van der Waals surface area (Å²) in [5.74, 6) is 0.549. The number of rotatable bonds is 3. The van der Waals surface area contributed by atoms with Crippen molar-refractivity contribution in [2.75, 3.05) is 26.2 Å². The van der Waals surface area contributed by atoms with Crippen LogP contribution in [0.4, 0.5) is 0 Å². The van der Waals surface area contributed by atoms with Crippen LogP contribution in [0, 0.1) is 0 Å². The Balaban J connectivity index is 0.00000196. The monoisotopic (exact) mass is 378 g/mol. The Morgan fingerprint density at radius 3 is 2.69 bits per heavy atom. The van der Waals surface area contributed by atoms with Crippen LogP contribution in [0.5, 0.6) is 0 Å². The number of halogens is 1. The van der Waals surface area contributed by atoms with Gasteiger partial charge in [-0.3, -0.25) is 14.2 Å². The average Bonchev–Trinajstić information content (AvgIpc) is 3.31. The molecule has 8 heteroatoms. The van der Waals surface area contributed by atoms with E-state index >= 15 is 0 Å². The number of nitrogens with zero attached hydrogens (tertiary/aromatic N) is 5. The second-order valence-corrected chi connectivity index (χ2v) is 7.13. The first-order valence-electron chi connectivity index (χ1n) is 9.25. The minimum Gasteiger partial charge on any atom is -0.337 e. The molecule has 26 heavy (non-hydrogen) atoms. The summed E-state index contributed by atoms with van der Waals surface area (Å²) < 4.78 is 3.91. The van der Waals surface area contributed by atoms with Crippen molar-refractivity contribution in [2.45, 2.75) is 37.6 Å².